The first kappa shape index (κ1) is 23.0. The Kier molecular flexibility index (Phi) is 7.45. The molecule has 164 valence electrons. The summed E-state index contributed by atoms with van der Waals surface area (Å²) in [7, 11) is 3.99. The van der Waals surface area contributed by atoms with E-state index >= 15 is 0 Å². The molecule has 0 amide bonds. The average Bonchev–Trinajstić information content (AvgIpc) is 2.72. The van der Waals surface area contributed by atoms with Gasteiger partial charge in [-0.25, -0.2) is 4.98 Å². The number of pyridine rings is 1. The van der Waals surface area contributed by atoms with Gasteiger partial charge in [0.25, 0.3) is 0 Å². The van der Waals surface area contributed by atoms with Crippen LogP contribution >= 0.6 is 15.9 Å². The molecular formula is C21H22BrF3N6. The van der Waals surface area contributed by atoms with Gasteiger partial charge in [-0.2, -0.15) is 18.2 Å². The van der Waals surface area contributed by atoms with Crippen molar-refractivity contribution >= 4 is 33.4 Å². The zero-order valence-electron chi connectivity index (χ0n) is 17.0. The number of hydrogen-bond acceptors (Lipinski definition) is 6. The number of hydrogen-bond donors (Lipinski definition) is 2. The van der Waals surface area contributed by atoms with E-state index in [1.165, 1.54) is 6.07 Å². The van der Waals surface area contributed by atoms with Crippen LogP contribution in [-0.2, 0) is 6.18 Å². The second-order valence-electron chi connectivity index (χ2n) is 7.10. The Morgan fingerprint density at radius 2 is 1.90 bits per heavy atom. The van der Waals surface area contributed by atoms with E-state index < -0.39 is 11.7 Å². The Hall–Kier alpha value is -2.72. The van der Waals surface area contributed by atoms with Gasteiger partial charge >= 0.3 is 6.18 Å². The molecule has 6 nitrogen and oxygen atoms in total. The first-order chi connectivity index (χ1) is 14.7. The Morgan fingerprint density at radius 3 is 2.58 bits per heavy atom. The molecule has 0 saturated heterocycles. The Balaban J connectivity index is 1.89. The van der Waals surface area contributed by atoms with Crippen LogP contribution in [0, 0.1) is 0 Å². The van der Waals surface area contributed by atoms with Gasteiger partial charge < -0.3 is 15.5 Å². The normalized spacial score (nSPS) is 11.6. The first-order valence-corrected chi connectivity index (χ1v) is 10.3. The summed E-state index contributed by atoms with van der Waals surface area (Å²) in [5.41, 5.74) is 0.885. The second kappa shape index (κ2) is 10.1. The fourth-order valence-corrected chi connectivity index (χ4v) is 3.29. The first-order valence-electron chi connectivity index (χ1n) is 9.54. The average molecular weight is 495 g/mol. The lowest BCUT2D eigenvalue weighted by Crippen LogP contribution is -2.17. The van der Waals surface area contributed by atoms with Crippen molar-refractivity contribution in [2.75, 3.05) is 37.8 Å². The third kappa shape index (κ3) is 6.63. The van der Waals surface area contributed by atoms with Gasteiger partial charge in [-0.05, 0) is 57.4 Å². The summed E-state index contributed by atoms with van der Waals surface area (Å²) in [6, 6.07) is 9.27. The number of aromatic nitrogens is 3. The van der Waals surface area contributed by atoms with E-state index in [1.54, 1.807) is 30.6 Å². The van der Waals surface area contributed by atoms with Gasteiger partial charge in [0.1, 0.15) is 5.82 Å². The van der Waals surface area contributed by atoms with Crippen LogP contribution in [0.5, 0.6) is 0 Å². The monoisotopic (exact) mass is 494 g/mol. The highest BCUT2D eigenvalue weighted by Gasteiger charge is 2.33. The van der Waals surface area contributed by atoms with Crippen LogP contribution in [0.4, 0.5) is 30.6 Å². The van der Waals surface area contributed by atoms with E-state index in [0.717, 1.165) is 24.6 Å². The lowest BCUT2D eigenvalue weighted by atomic mass is 10.2. The molecule has 2 aromatic heterocycles. The van der Waals surface area contributed by atoms with Crippen molar-refractivity contribution in [2.24, 2.45) is 0 Å². The predicted octanol–water partition coefficient (Wildman–Crippen LogP) is 5.43. The van der Waals surface area contributed by atoms with Gasteiger partial charge in [0.15, 0.2) is 0 Å². The van der Waals surface area contributed by atoms with Crippen molar-refractivity contribution in [1.29, 1.82) is 0 Å². The summed E-state index contributed by atoms with van der Waals surface area (Å²) >= 11 is 2.96. The molecule has 0 unspecified atom stereocenters. The summed E-state index contributed by atoms with van der Waals surface area (Å²) in [5.74, 6) is 0.759. The molecule has 0 bridgehead atoms. The van der Waals surface area contributed by atoms with Gasteiger partial charge in [0.2, 0.25) is 5.95 Å². The van der Waals surface area contributed by atoms with Crippen LogP contribution in [0.1, 0.15) is 12.0 Å². The molecule has 0 aliphatic rings. The highest BCUT2D eigenvalue weighted by atomic mass is 79.9. The molecular weight excluding hydrogens is 473 g/mol. The molecule has 31 heavy (non-hydrogen) atoms. The topological polar surface area (TPSA) is 66.0 Å². The van der Waals surface area contributed by atoms with Gasteiger partial charge in [-0.1, -0.05) is 15.9 Å². The largest absolute Gasteiger partial charge is 0.417 e. The quantitative estimate of drug-likeness (QED) is 0.407. The smallest absolute Gasteiger partial charge is 0.354 e. The number of anilines is 3. The van der Waals surface area contributed by atoms with Crippen molar-refractivity contribution in [3.63, 3.8) is 0 Å². The Bertz CT molecular complexity index is 1010. The zero-order chi connectivity index (χ0) is 22.4. The van der Waals surface area contributed by atoms with E-state index in [-0.39, 0.29) is 10.2 Å². The van der Waals surface area contributed by atoms with Crippen molar-refractivity contribution in [3.05, 3.63) is 58.8 Å². The molecule has 2 N–H and O–H groups in total. The minimum absolute atomic E-state index is 0.0208. The minimum Gasteiger partial charge on any atom is -0.354 e. The second-order valence-corrected chi connectivity index (χ2v) is 7.96. The van der Waals surface area contributed by atoms with Crippen molar-refractivity contribution < 1.29 is 13.2 Å². The number of nitrogens with one attached hydrogen (secondary N) is 2. The number of benzene rings is 1. The highest BCUT2D eigenvalue weighted by molar-refractivity contribution is 9.10. The van der Waals surface area contributed by atoms with Crippen molar-refractivity contribution in [2.45, 2.75) is 12.6 Å². The van der Waals surface area contributed by atoms with Crippen molar-refractivity contribution in [1.82, 2.24) is 19.9 Å². The molecule has 0 aliphatic carbocycles. The van der Waals surface area contributed by atoms with Crippen LogP contribution in [0.25, 0.3) is 11.3 Å². The maximum Gasteiger partial charge on any atom is 0.417 e. The molecule has 3 rings (SSSR count). The summed E-state index contributed by atoms with van der Waals surface area (Å²) < 4.78 is 39.7. The van der Waals surface area contributed by atoms with E-state index in [1.807, 2.05) is 20.2 Å². The number of nitrogens with zero attached hydrogens (tertiary/aromatic N) is 4. The van der Waals surface area contributed by atoms with E-state index in [4.69, 9.17) is 0 Å². The Labute approximate surface area is 187 Å². The van der Waals surface area contributed by atoms with Crippen LogP contribution in [0.15, 0.2) is 53.3 Å². The molecule has 0 spiro atoms. The number of alkyl halides is 3. The van der Waals surface area contributed by atoms with E-state index in [9.17, 15) is 13.2 Å². The molecule has 0 radical (unpaired) electrons. The third-order valence-electron chi connectivity index (χ3n) is 4.29. The predicted molar refractivity (Wildman–Crippen MR) is 119 cm³/mol. The lowest BCUT2D eigenvalue weighted by molar-refractivity contribution is -0.138. The molecule has 0 aliphatic heterocycles. The summed E-state index contributed by atoms with van der Waals surface area (Å²) in [6.07, 6.45) is -0.256. The molecule has 0 saturated carbocycles. The van der Waals surface area contributed by atoms with Crippen molar-refractivity contribution in [3.8, 4) is 11.3 Å². The molecule has 1 aromatic carbocycles. The fourth-order valence-electron chi connectivity index (χ4n) is 2.82. The summed E-state index contributed by atoms with van der Waals surface area (Å²) in [5, 5.41) is 6.15. The standard InChI is InChI=1S/C21H22BrF3N6/c1-31(2)10-4-9-27-20-29-18(14-5-3-8-26-13-14)12-19(30-20)28-15-6-7-17(22)16(11-15)21(23,24)25/h3,5-8,11-13H,4,9-10H2,1-2H3,(H2,27,28,29,30). The molecule has 10 heteroatoms. The fraction of sp³-hybridized carbons (Fsp3) is 0.286. The van der Waals surface area contributed by atoms with Crippen LogP contribution in [0.3, 0.4) is 0 Å². The lowest BCUT2D eigenvalue weighted by Gasteiger charge is -2.14. The summed E-state index contributed by atoms with van der Waals surface area (Å²) in [6.45, 7) is 1.56. The number of rotatable bonds is 8. The molecule has 0 atom stereocenters. The molecule has 2 heterocycles. The van der Waals surface area contributed by atoms with Crippen LogP contribution < -0.4 is 10.6 Å². The van der Waals surface area contributed by atoms with Gasteiger partial charge in [0, 0.05) is 40.7 Å². The molecule has 3 aromatic rings. The maximum absolute atomic E-state index is 13.2. The molecule has 0 fully saturated rings. The maximum atomic E-state index is 13.2. The van der Waals surface area contributed by atoms with Crippen LogP contribution in [0.2, 0.25) is 0 Å². The minimum atomic E-state index is -4.47. The Morgan fingerprint density at radius 1 is 1.10 bits per heavy atom. The van der Waals surface area contributed by atoms with Gasteiger partial charge in [-0.15, -0.1) is 0 Å². The highest BCUT2D eigenvalue weighted by Crippen LogP contribution is 2.37. The van der Waals surface area contributed by atoms with Gasteiger partial charge in [-0.3, -0.25) is 4.98 Å². The zero-order valence-corrected chi connectivity index (χ0v) is 18.6. The summed E-state index contributed by atoms with van der Waals surface area (Å²) in [4.78, 5) is 15.1. The van der Waals surface area contributed by atoms with Crippen LogP contribution in [-0.4, -0.2) is 47.0 Å². The SMILES string of the molecule is CN(C)CCCNc1nc(Nc2ccc(Br)c(C(F)(F)F)c2)cc(-c2cccnc2)n1. The van der Waals surface area contributed by atoms with E-state index in [0.29, 0.717) is 24.0 Å². The number of halogens is 4. The third-order valence-corrected chi connectivity index (χ3v) is 4.98. The van der Waals surface area contributed by atoms with Gasteiger partial charge in [0.05, 0.1) is 11.3 Å². The van der Waals surface area contributed by atoms with E-state index in [2.05, 4.69) is 46.4 Å².